The van der Waals surface area contributed by atoms with E-state index in [9.17, 15) is 14.7 Å². The van der Waals surface area contributed by atoms with E-state index in [1.807, 2.05) is 13.8 Å². The van der Waals surface area contributed by atoms with E-state index in [0.717, 1.165) is 0 Å². The molecule has 0 aliphatic heterocycles. The Morgan fingerprint density at radius 2 is 1.94 bits per heavy atom. The van der Waals surface area contributed by atoms with Crippen molar-refractivity contribution in [2.45, 2.75) is 33.1 Å². The molecule has 0 amide bonds. The number of aliphatic hydroxyl groups is 1. The van der Waals surface area contributed by atoms with E-state index in [1.165, 1.54) is 12.2 Å². The minimum atomic E-state index is -0.533. The van der Waals surface area contributed by atoms with Crippen molar-refractivity contribution in [2.24, 2.45) is 10.8 Å². The zero-order chi connectivity index (χ0) is 12.0. The summed E-state index contributed by atoms with van der Waals surface area (Å²) in [5, 5.41) is 10.1. The van der Waals surface area contributed by atoms with E-state index in [4.69, 9.17) is 0 Å². The number of rotatable bonds is 0. The minimum absolute atomic E-state index is 0.0431. The van der Waals surface area contributed by atoms with Crippen LogP contribution in [0.1, 0.15) is 33.1 Å². The molecule has 2 rings (SSSR count). The van der Waals surface area contributed by atoms with Crippen LogP contribution in [0, 0.1) is 10.8 Å². The Morgan fingerprint density at radius 3 is 2.44 bits per heavy atom. The topological polar surface area (TPSA) is 54.4 Å². The molecule has 1 atom stereocenters. The van der Waals surface area contributed by atoms with E-state index >= 15 is 0 Å². The average molecular weight is 220 g/mol. The van der Waals surface area contributed by atoms with Crippen LogP contribution >= 0.6 is 0 Å². The summed E-state index contributed by atoms with van der Waals surface area (Å²) in [5.41, 5.74) is -0.866. The SMILES string of the molecule is CC1(C)CC(=O)C=C(O)[C@]12C=CC(=O)CC2. The molecule has 0 saturated carbocycles. The fourth-order valence-corrected chi connectivity index (χ4v) is 2.77. The normalized spacial score (nSPS) is 33.0. The van der Waals surface area contributed by atoms with Crippen LogP contribution in [0.15, 0.2) is 24.0 Å². The predicted octanol–water partition coefficient (Wildman–Crippen LogP) is 2.33. The van der Waals surface area contributed by atoms with Gasteiger partial charge in [-0.25, -0.2) is 0 Å². The highest BCUT2D eigenvalue weighted by molar-refractivity contribution is 5.94. The molecule has 3 nitrogen and oxygen atoms in total. The van der Waals surface area contributed by atoms with Gasteiger partial charge < -0.3 is 5.11 Å². The van der Waals surface area contributed by atoms with Crippen LogP contribution in [0.4, 0.5) is 0 Å². The van der Waals surface area contributed by atoms with Crippen LogP contribution in [0.25, 0.3) is 0 Å². The van der Waals surface area contributed by atoms with Gasteiger partial charge in [-0.3, -0.25) is 9.59 Å². The number of allylic oxidation sites excluding steroid dienone is 3. The molecule has 2 aliphatic rings. The third kappa shape index (κ3) is 1.42. The standard InChI is InChI=1S/C13H16O3/c1-12(2)8-10(15)7-11(16)13(12)5-3-9(14)4-6-13/h3,5,7,16H,4,6,8H2,1-2H3/t13-/m1/s1. The van der Waals surface area contributed by atoms with Gasteiger partial charge in [-0.1, -0.05) is 19.9 Å². The molecule has 1 N–H and O–H groups in total. The maximum absolute atomic E-state index is 11.5. The lowest BCUT2D eigenvalue weighted by Gasteiger charge is -2.47. The largest absolute Gasteiger partial charge is 0.511 e. The number of carbonyl (C=O) groups excluding carboxylic acids is 2. The molecule has 2 aliphatic carbocycles. The molecule has 86 valence electrons. The van der Waals surface area contributed by atoms with Gasteiger partial charge in [0.05, 0.1) is 5.41 Å². The highest BCUT2D eigenvalue weighted by Crippen LogP contribution is 2.54. The molecule has 0 aromatic heterocycles. The van der Waals surface area contributed by atoms with E-state index < -0.39 is 5.41 Å². The molecule has 3 heteroatoms. The van der Waals surface area contributed by atoms with Crippen LogP contribution in [-0.2, 0) is 9.59 Å². The second-order valence-electron chi connectivity index (χ2n) is 5.33. The van der Waals surface area contributed by atoms with Crippen molar-refractivity contribution in [3.8, 4) is 0 Å². The zero-order valence-corrected chi connectivity index (χ0v) is 9.62. The summed E-state index contributed by atoms with van der Waals surface area (Å²) in [5.74, 6) is 0.155. The first-order chi connectivity index (χ1) is 7.37. The van der Waals surface area contributed by atoms with Gasteiger partial charge in [-0.05, 0) is 17.9 Å². The maximum atomic E-state index is 11.5. The Labute approximate surface area is 94.8 Å². The van der Waals surface area contributed by atoms with E-state index in [2.05, 4.69) is 0 Å². The van der Waals surface area contributed by atoms with E-state index in [0.29, 0.717) is 19.3 Å². The van der Waals surface area contributed by atoms with Gasteiger partial charge in [-0.15, -0.1) is 0 Å². The zero-order valence-electron chi connectivity index (χ0n) is 9.62. The summed E-state index contributed by atoms with van der Waals surface area (Å²) >= 11 is 0. The smallest absolute Gasteiger partial charge is 0.159 e. The number of aliphatic hydroxyl groups excluding tert-OH is 1. The molecule has 0 saturated heterocycles. The van der Waals surface area contributed by atoms with Crippen LogP contribution in [0.2, 0.25) is 0 Å². The molecular weight excluding hydrogens is 204 g/mol. The van der Waals surface area contributed by atoms with Gasteiger partial charge in [0, 0.05) is 18.9 Å². The fraction of sp³-hybridized carbons (Fsp3) is 0.538. The monoisotopic (exact) mass is 220 g/mol. The van der Waals surface area contributed by atoms with Crippen molar-refractivity contribution in [3.63, 3.8) is 0 Å². The first-order valence-electron chi connectivity index (χ1n) is 5.53. The summed E-state index contributed by atoms with van der Waals surface area (Å²) in [6.07, 6.45) is 6.06. The van der Waals surface area contributed by atoms with Crippen molar-refractivity contribution >= 4 is 11.6 Å². The fourth-order valence-electron chi connectivity index (χ4n) is 2.77. The Balaban J connectivity index is 2.52. The van der Waals surface area contributed by atoms with Crippen LogP contribution in [0.3, 0.4) is 0 Å². The summed E-state index contributed by atoms with van der Waals surface area (Å²) < 4.78 is 0. The van der Waals surface area contributed by atoms with Crippen molar-refractivity contribution < 1.29 is 14.7 Å². The molecule has 0 aromatic carbocycles. The molecule has 0 radical (unpaired) electrons. The van der Waals surface area contributed by atoms with Crippen LogP contribution in [-0.4, -0.2) is 16.7 Å². The molecule has 0 unspecified atom stereocenters. The predicted molar refractivity (Wildman–Crippen MR) is 59.9 cm³/mol. The summed E-state index contributed by atoms with van der Waals surface area (Å²) in [6.45, 7) is 3.93. The number of hydrogen-bond donors (Lipinski definition) is 1. The summed E-state index contributed by atoms with van der Waals surface area (Å²) in [6, 6.07) is 0. The number of carbonyl (C=O) groups is 2. The summed E-state index contributed by atoms with van der Waals surface area (Å²) in [4.78, 5) is 22.7. The van der Waals surface area contributed by atoms with Gasteiger partial charge in [0.15, 0.2) is 11.6 Å². The molecular formula is C13H16O3. The van der Waals surface area contributed by atoms with Crippen molar-refractivity contribution in [3.05, 3.63) is 24.0 Å². The highest BCUT2D eigenvalue weighted by atomic mass is 16.3. The third-order valence-corrected chi connectivity index (χ3v) is 3.90. The van der Waals surface area contributed by atoms with Crippen molar-refractivity contribution in [1.82, 2.24) is 0 Å². The third-order valence-electron chi connectivity index (χ3n) is 3.90. The van der Waals surface area contributed by atoms with Gasteiger partial charge in [0.2, 0.25) is 0 Å². The Morgan fingerprint density at radius 1 is 1.25 bits per heavy atom. The molecule has 1 spiro atoms. The first-order valence-corrected chi connectivity index (χ1v) is 5.53. The molecule has 0 heterocycles. The van der Waals surface area contributed by atoms with Crippen molar-refractivity contribution in [1.29, 1.82) is 0 Å². The van der Waals surface area contributed by atoms with Gasteiger partial charge in [0.1, 0.15) is 5.76 Å². The molecule has 0 fully saturated rings. The van der Waals surface area contributed by atoms with Crippen molar-refractivity contribution in [2.75, 3.05) is 0 Å². The molecule has 0 aromatic rings. The first kappa shape index (κ1) is 11.1. The highest BCUT2D eigenvalue weighted by Gasteiger charge is 2.50. The van der Waals surface area contributed by atoms with Gasteiger partial charge >= 0.3 is 0 Å². The number of hydrogen-bond acceptors (Lipinski definition) is 3. The second kappa shape index (κ2) is 3.30. The maximum Gasteiger partial charge on any atom is 0.159 e. The second-order valence-corrected chi connectivity index (χ2v) is 5.33. The number of ketones is 2. The lowest BCUT2D eigenvalue weighted by molar-refractivity contribution is -0.120. The molecule has 16 heavy (non-hydrogen) atoms. The Bertz CT molecular complexity index is 415. The van der Waals surface area contributed by atoms with E-state index in [1.54, 1.807) is 6.08 Å². The molecule has 0 bridgehead atoms. The minimum Gasteiger partial charge on any atom is -0.511 e. The Kier molecular flexibility index (Phi) is 2.30. The lowest BCUT2D eigenvalue weighted by atomic mass is 9.56. The Hall–Kier alpha value is -1.38. The quantitative estimate of drug-likeness (QED) is 0.681. The van der Waals surface area contributed by atoms with Gasteiger partial charge in [0.25, 0.3) is 0 Å². The summed E-state index contributed by atoms with van der Waals surface area (Å²) in [7, 11) is 0. The lowest BCUT2D eigenvalue weighted by Crippen LogP contribution is -2.44. The van der Waals surface area contributed by atoms with E-state index in [-0.39, 0.29) is 22.7 Å². The van der Waals surface area contributed by atoms with Crippen LogP contribution in [0.5, 0.6) is 0 Å². The average Bonchev–Trinajstić information content (AvgIpc) is 2.15. The van der Waals surface area contributed by atoms with Crippen LogP contribution < -0.4 is 0 Å². The van der Waals surface area contributed by atoms with Gasteiger partial charge in [-0.2, -0.15) is 0 Å².